The van der Waals surface area contributed by atoms with Gasteiger partial charge in [-0.05, 0) is 30.9 Å². The van der Waals surface area contributed by atoms with Crippen molar-refractivity contribution in [2.24, 2.45) is 7.05 Å². The Bertz CT molecular complexity index is 580. The third-order valence-corrected chi connectivity index (χ3v) is 3.61. The Labute approximate surface area is 119 Å². The molecule has 0 aliphatic carbocycles. The van der Waals surface area contributed by atoms with Gasteiger partial charge in [-0.15, -0.1) is 0 Å². The van der Waals surface area contributed by atoms with Gasteiger partial charge in [-0.3, -0.25) is 0 Å². The zero-order chi connectivity index (χ0) is 13.8. The molecule has 3 rings (SSSR count). The van der Waals surface area contributed by atoms with Gasteiger partial charge in [-0.25, -0.2) is 4.68 Å². The highest BCUT2D eigenvalue weighted by Crippen LogP contribution is 2.17. The molecule has 1 aromatic heterocycles. The summed E-state index contributed by atoms with van der Waals surface area (Å²) in [6.07, 6.45) is 7.56. The molecule has 1 aliphatic rings. The lowest BCUT2D eigenvalue weighted by molar-refractivity contribution is 0.733. The summed E-state index contributed by atoms with van der Waals surface area (Å²) in [5.41, 5.74) is 1.31. The first-order valence-electron chi connectivity index (χ1n) is 7.19. The van der Waals surface area contributed by atoms with Gasteiger partial charge in [0.1, 0.15) is 0 Å². The van der Waals surface area contributed by atoms with Crippen LogP contribution < -0.4 is 4.90 Å². The normalized spacial score (nSPS) is 15.3. The molecule has 0 spiro atoms. The number of aromatic nitrogens is 3. The summed E-state index contributed by atoms with van der Waals surface area (Å²) in [7, 11) is 1.97. The minimum absolute atomic E-state index is 0.797. The Morgan fingerprint density at radius 3 is 2.65 bits per heavy atom. The van der Waals surface area contributed by atoms with Crippen LogP contribution in [0.25, 0.3) is 6.08 Å². The van der Waals surface area contributed by atoms with Crippen LogP contribution in [0.3, 0.4) is 0 Å². The van der Waals surface area contributed by atoms with Crippen LogP contribution in [-0.4, -0.2) is 27.9 Å². The molecule has 2 aromatic rings. The van der Waals surface area contributed by atoms with E-state index >= 15 is 0 Å². The molecule has 0 N–H and O–H groups in total. The second-order valence-electron chi connectivity index (χ2n) is 5.18. The molecule has 2 heterocycles. The summed E-state index contributed by atoms with van der Waals surface area (Å²) in [6, 6.07) is 10.4. The summed E-state index contributed by atoms with van der Waals surface area (Å²) in [4.78, 5) is 6.92. The van der Waals surface area contributed by atoms with E-state index in [0.717, 1.165) is 31.3 Å². The van der Waals surface area contributed by atoms with Crippen LogP contribution in [0.1, 0.15) is 24.2 Å². The summed E-state index contributed by atoms with van der Waals surface area (Å²) in [6.45, 7) is 2.19. The van der Waals surface area contributed by atoms with Crippen molar-refractivity contribution in [2.45, 2.75) is 19.3 Å². The zero-order valence-corrected chi connectivity index (χ0v) is 11.9. The van der Waals surface area contributed by atoms with Crippen LogP contribution in [0, 0.1) is 0 Å². The van der Waals surface area contributed by atoms with Crippen LogP contribution in [0.5, 0.6) is 0 Å². The molecule has 1 fully saturated rings. The predicted octanol–water partition coefficient (Wildman–Crippen LogP) is 2.67. The lowest BCUT2D eigenvalue weighted by Gasteiger charge is -2.14. The number of nitrogens with zero attached hydrogens (tertiary/aromatic N) is 4. The molecule has 0 saturated carbocycles. The standard InChI is InChI=1S/C16H20N4/c1-19-16(20-12-5-6-13-20)17-15(18-19)11-7-10-14-8-3-2-4-9-14/h2-4,7-9,11H,5-6,10,12-13H2,1H3/b11-7+. The van der Waals surface area contributed by atoms with E-state index in [1.807, 2.05) is 23.9 Å². The molecule has 0 atom stereocenters. The average Bonchev–Trinajstić information content (AvgIpc) is 3.09. The van der Waals surface area contributed by atoms with Gasteiger partial charge in [0, 0.05) is 20.1 Å². The SMILES string of the molecule is Cn1nc(/C=C/Cc2ccccc2)nc1N1CCCC1. The van der Waals surface area contributed by atoms with Crippen LogP contribution in [0.15, 0.2) is 36.4 Å². The Balaban J connectivity index is 1.67. The fourth-order valence-electron chi connectivity index (χ4n) is 2.57. The van der Waals surface area contributed by atoms with Gasteiger partial charge in [0.25, 0.3) is 0 Å². The molecule has 1 aromatic carbocycles. The van der Waals surface area contributed by atoms with E-state index < -0.39 is 0 Å². The third-order valence-electron chi connectivity index (χ3n) is 3.61. The Morgan fingerprint density at radius 2 is 1.90 bits per heavy atom. The number of hydrogen-bond acceptors (Lipinski definition) is 3. The van der Waals surface area contributed by atoms with Gasteiger partial charge in [0.2, 0.25) is 5.95 Å². The highest BCUT2D eigenvalue weighted by atomic mass is 15.4. The first-order valence-corrected chi connectivity index (χ1v) is 7.19. The Hall–Kier alpha value is -2.10. The van der Waals surface area contributed by atoms with Gasteiger partial charge >= 0.3 is 0 Å². The first-order chi connectivity index (χ1) is 9.83. The minimum atomic E-state index is 0.797. The smallest absolute Gasteiger partial charge is 0.224 e. The topological polar surface area (TPSA) is 34.0 Å². The van der Waals surface area contributed by atoms with E-state index in [1.165, 1.54) is 18.4 Å². The van der Waals surface area contributed by atoms with Crippen molar-refractivity contribution in [3.63, 3.8) is 0 Å². The Morgan fingerprint density at radius 1 is 1.15 bits per heavy atom. The molecular formula is C16H20N4. The molecule has 4 heteroatoms. The maximum absolute atomic E-state index is 4.61. The average molecular weight is 268 g/mol. The number of hydrogen-bond donors (Lipinski definition) is 0. The number of aryl methyl sites for hydroxylation is 1. The predicted molar refractivity (Wildman–Crippen MR) is 81.6 cm³/mol. The molecule has 0 unspecified atom stereocenters. The van der Waals surface area contributed by atoms with Crippen LogP contribution in [0.2, 0.25) is 0 Å². The highest BCUT2D eigenvalue weighted by molar-refractivity contribution is 5.44. The molecule has 0 radical (unpaired) electrons. The van der Waals surface area contributed by atoms with E-state index in [1.54, 1.807) is 0 Å². The number of allylic oxidation sites excluding steroid dienone is 1. The third kappa shape index (κ3) is 2.90. The second kappa shape index (κ2) is 5.90. The van der Waals surface area contributed by atoms with Gasteiger partial charge in [0.15, 0.2) is 5.82 Å². The number of benzene rings is 1. The zero-order valence-electron chi connectivity index (χ0n) is 11.9. The van der Waals surface area contributed by atoms with E-state index in [9.17, 15) is 0 Å². The fraction of sp³-hybridized carbons (Fsp3) is 0.375. The summed E-state index contributed by atoms with van der Waals surface area (Å²) >= 11 is 0. The van der Waals surface area contributed by atoms with E-state index in [2.05, 4.69) is 45.3 Å². The lowest BCUT2D eigenvalue weighted by Crippen LogP contribution is -2.21. The van der Waals surface area contributed by atoms with Crippen molar-refractivity contribution in [3.05, 3.63) is 47.8 Å². The highest BCUT2D eigenvalue weighted by Gasteiger charge is 2.17. The van der Waals surface area contributed by atoms with Crippen molar-refractivity contribution in [1.82, 2.24) is 14.8 Å². The fourth-order valence-corrected chi connectivity index (χ4v) is 2.57. The van der Waals surface area contributed by atoms with E-state index in [0.29, 0.717) is 0 Å². The lowest BCUT2D eigenvalue weighted by atomic mass is 10.1. The van der Waals surface area contributed by atoms with Crippen LogP contribution >= 0.6 is 0 Å². The van der Waals surface area contributed by atoms with Crippen LogP contribution in [0.4, 0.5) is 5.95 Å². The molecule has 104 valence electrons. The van der Waals surface area contributed by atoms with Gasteiger partial charge in [0.05, 0.1) is 0 Å². The Kier molecular flexibility index (Phi) is 3.81. The van der Waals surface area contributed by atoms with Crippen molar-refractivity contribution in [3.8, 4) is 0 Å². The number of anilines is 1. The second-order valence-corrected chi connectivity index (χ2v) is 5.18. The van der Waals surface area contributed by atoms with Crippen molar-refractivity contribution in [2.75, 3.05) is 18.0 Å². The van der Waals surface area contributed by atoms with Gasteiger partial charge in [-0.2, -0.15) is 10.1 Å². The number of rotatable bonds is 4. The maximum atomic E-state index is 4.61. The molecule has 0 amide bonds. The van der Waals surface area contributed by atoms with Crippen molar-refractivity contribution in [1.29, 1.82) is 0 Å². The monoisotopic (exact) mass is 268 g/mol. The summed E-state index contributed by atoms with van der Waals surface area (Å²) in [5.74, 6) is 1.78. The quantitative estimate of drug-likeness (QED) is 0.855. The molecule has 1 aliphatic heterocycles. The largest absolute Gasteiger partial charge is 0.341 e. The molecule has 20 heavy (non-hydrogen) atoms. The summed E-state index contributed by atoms with van der Waals surface area (Å²) in [5, 5.41) is 4.46. The first kappa shape index (κ1) is 12.9. The minimum Gasteiger partial charge on any atom is -0.341 e. The molecule has 1 saturated heterocycles. The van der Waals surface area contributed by atoms with Crippen LogP contribution in [-0.2, 0) is 13.5 Å². The van der Waals surface area contributed by atoms with Gasteiger partial charge in [-0.1, -0.05) is 36.4 Å². The molecule has 0 bridgehead atoms. The van der Waals surface area contributed by atoms with E-state index in [4.69, 9.17) is 0 Å². The van der Waals surface area contributed by atoms with Crippen molar-refractivity contribution >= 4 is 12.0 Å². The van der Waals surface area contributed by atoms with Crippen molar-refractivity contribution < 1.29 is 0 Å². The maximum Gasteiger partial charge on any atom is 0.224 e. The van der Waals surface area contributed by atoms with Gasteiger partial charge < -0.3 is 4.90 Å². The van der Waals surface area contributed by atoms with E-state index in [-0.39, 0.29) is 0 Å². The summed E-state index contributed by atoms with van der Waals surface area (Å²) < 4.78 is 1.88. The molecular weight excluding hydrogens is 248 g/mol. The molecule has 4 nitrogen and oxygen atoms in total.